The summed E-state index contributed by atoms with van der Waals surface area (Å²) in [5.41, 5.74) is 1.74. The lowest BCUT2D eigenvalue weighted by Gasteiger charge is -2.12. The first-order valence-electron chi connectivity index (χ1n) is 7.76. The number of carbonyl (C=O) groups excluding carboxylic acids is 1. The Labute approximate surface area is 145 Å². The third-order valence-corrected chi connectivity index (χ3v) is 4.67. The van der Waals surface area contributed by atoms with E-state index in [1.807, 2.05) is 67.6 Å². The predicted molar refractivity (Wildman–Crippen MR) is 96.4 cm³/mol. The molecule has 0 saturated heterocycles. The van der Waals surface area contributed by atoms with Gasteiger partial charge in [-0.3, -0.25) is 4.79 Å². The zero-order valence-corrected chi connectivity index (χ0v) is 14.1. The summed E-state index contributed by atoms with van der Waals surface area (Å²) >= 11 is 1.38. The molecule has 0 aliphatic rings. The molecule has 1 aromatic heterocycles. The second kappa shape index (κ2) is 7.79. The Morgan fingerprint density at radius 2 is 1.79 bits per heavy atom. The summed E-state index contributed by atoms with van der Waals surface area (Å²) < 4.78 is 1.71. The summed E-state index contributed by atoms with van der Waals surface area (Å²) in [7, 11) is 0. The van der Waals surface area contributed by atoms with Crippen molar-refractivity contribution < 1.29 is 4.79 Å². The van der Waals surface area contributed by atoms with Crippen molar-refractivity contribution in [2.24, 2.45) is 0 Å². The molecule has 0 saturated carbocycles. The second-order valence-corrected chi connectivity index (χ2v) is 6.35. The van der Waals surface area contributed by atoms with Crippen LogP contribution >= 0.6 is 11.8 Å². The van der Waals surface area contributed by atoms with Crippen LogP contribution < -0.4 is 5.32 Å². The van der Waals surface area contributed by atoms with Gasteiger partial charge in [0, 0.05) is 5.69 Å². The zero-order valence-electron chi connectivity index (χ0n) is 13.3. The van der Waals surface area contributed by atoms with Crippen molar-refractivity contribution in [1.29, 1.82) is 0 Å². The summed E-state index contributed by atoms with van der Waals surface area (Å²) in [6.07, 6.45) is 2.36. The number of hydrogen-bond acceptors (Lipinski definition) is 4. The van der Waals surface area contributed by atoms with Crippen LogP contribution in [0.4, 0.5) is 5.69 Å². The molecule has 2 aromatic carbocycles. The van der Waals surface area contributed by atoms with E-state index in [4.69, 9.17) is 0 Å². The first kappa shape index (κ1) is 16.3. The standard InChI is InChI=1S/C18H18N4OS/c1-2-16(17(23)20-14-9-5-3-6-10-14)24-18-19-13-22(21-18)15-11-7-4-8-12-15/h3-13,16H,2H2,1H3,(H,20,23). The van der Waals surface area contributed by atoms with Crippen molar-refractivity contribution >= 4 is 23.4 Å². The lowest BCUT2D eigenvalue weighted by molar-refractivity contribution is -0.115. The van der Waals surface area contributed by atoms with Crippen molar-refractivity contribution in [1.82, 2.24) is 14.8 Å². The fraction of sp³-hybridized carbons (Fsp3) is 0.167. The number of anilines is 1. The molecule has 1 atom stereocenters. The third kappa shape index (κ3) is 4.02. The molecule has 0 spiro atoms. The van der Waals surface area contributed by atoms with Crippen molar-refractivity contribution in [3.8, 4) is 5.69 Å². The highest BCUT2D eigenvalue weighted by Gasteiger charge is 2.20. The van der Waals surface area contributed by atoms with Gasteiger partial charge in [-0.25, -0.2) is 9.67 Å². The van der Waals surface area contributed by atoms with Gasteiger partial charge in [0.25, 0.3) is 0 Å². The van der Waals surface area contributed by atoms with Crippen molar-refractivity contribution in [2.75, 3.05) is 5.32 Å². The highest BCUT2D eigenvalue weighted by Crippen LogP contribution is 2.24. The normalized spacial score (nSPS) is 11.9. The van der Waals surface area contributed by atoms with E-state index in [0.717, 1.165) is 11.4 Å². The lowest BCUT2D eigenvalue weighted by Crippen LogP contribution is -2.24. The molecule has 0 bridgehead atoms. The van der Waals surface area contributed by atoms with E-state index in [2.05, 4.69) is 15.4 Å². The van der Waals surface area contributed by atoms with Gasteiger partial charge in [-0.2, -0.15) is 0 Å². The van der Waals surface area contributed by atoms with Gasteiger partial charge in [0.15, 0.2) is 0 Å². The van der Waals surface area contributed by atoms with Gasteiger partial charge in [0.2, 0.25) is 11.1 Å². The summed E-state index contributed by atoms with van der Waals surface area (Å²) in [6, 6.07) is 19.2. The monoisotopic (exact) mass is 338 g/mol. The summed E-state index contributed by atoms with van der Waals surface area (Å²) in [5.74, 6) is -0.0373. The molecule has 0 aliphatic carbocycles. The summed E-state index contributed by atoms with van der Waals surface area (Å²) in [4.78, 5) is 16.7. The molecular weight excluding hydrogens is 320 g/mol. The minimum atomic E-state index is -0.239. The van der Waals surface area contributed by atoms with Crippen molar-refractivity contribution in [2.45, 2.75) is 23.8 Å². The van der Waals surface area contributed by atoms with Crippen LogP contribution in [0.25, 0.3) is 5.69 Å². The number of aromatic nitrogens is 3. The number of amides is 1. The minimum Gasteiger partial charge on any atom is -0.325 e. The fourth-order valence-electron chi connectivity index (χ4n) is 2.20. The molecule has 0 aliphatic heterocycles. The molecular formula is C18H18N4OS. The Hall–Kier alpha value is -2.60. The SMILES string of the molecule is CCC(Sc1ncn(-c2ccccc2)n1)C(=O)Nc1ccccc1. The maximum Gasteiger partial charge on any atom is 0.237 e. The van der Waals surface area contributed by atoms with Crippen LogP contribution in [0.15, 0.2) is 72.1 Å². The largest absolute Gasteiger partial charge is 0.325 e. The number of benzene rings is 2. The number of para-hydroxylation sites is 2. The summed E-state index contributed by atoms with van der Waals surface area (Å²) in [5, 5.41) is 7.73. The first-order valence-corrected chi connectivity index (χ1v) is 8.64. The lowest BCUT2D eigenvalue weighted by atomic mass is 10.3. The van der Waals surface area contributed by atoms with Crippen LogP contribution in [-0.2, 0) is 4.79 Å². The molecule has 1 heterocycles. The van der Waals surface area contributed by atoms with Crippen LogP contribution in [-0.4, -0.2) is 25.9 Å². The zero-order chi connectivity index (χ0) is 16.8. The average Bonchev–Trinajstić information content (AvgIpc) is 3.10. The molecule has 6 heteroatoms. The van der Waals surface area contributed by atoms with Crippen LogP contribution in [0, 0.1) is 0 Å². The fourth-order valence-corrected chi connectivity index (χ4v) is 3.03. The quantitative estimate of drug-likeness (QED) is 0.695. The number of nitrogens with one attached hydrogen (secondary N) is 1. The van der Waals surface area contributed by atoms with E-state index in [1.54, 1.807) is 11.0 Å². The van der Waals surface area contributed by atoms with E-state index in [9.17, 15) is 4.79 Å². The second-order valence-electron chi connectivity index (χ2n) is 5.18. The maximum absolute atomic E-state index is 12.4. The average molecular weight is 338 g/mol. The number of hydrogen-bond donors (Lipinski definition) is 1. The van der Waals surface area contributed by atoms with Gasteiger partial charge in [-0.05, 0) is 30.7 Å². The van der Waals surface area contributed by atoms with E-state index < -0.39 is 0 Å². The van der Waals surface area contributed by atoms with Gasteiger partial charge in [-0.1, -0.05) is 55.1 Å². The van der Waals surface area contributed by atoms with Crippen molar-refractivity contribution in [3.63, 3.8) is 0 Å². The smallest absolute Gasteiger partial charge is 0.237 e. The highest BCUT2D eigenvalue weighted by atomic mass is 32.2. The Morgan fingerprint density at radius 3 is 2.46 bits per heavy atom. The molecule has 3 aromatic rings. The number of rotatable bonds is 6. The van der Waals surface area contributed by atoms with Gasteiger partial charge < -0.3 is 5.32 Å². The molecule has 0 radical (unpaired) electrons. The number of carbonyl (C=O) groups is 1. The molecule has 24 heavy (non-hydrogen) atoms. The number of thioether (sulfide) groups is 1. The topological polar surface area (TPSA) is 59.8 Å². The molecule has 5 nitrogen and oxygen atoms in total. The van der Waals surface area contributed by atoms with Crippen LogP contribution in [0.5, 0.6) is 0 Å². The Balaban J connectivity index is 1.67. The van der Waals surface area contributed by atoms with E-state index >= 15 is 0 Å². The van der Waals surface area contributed by atoms with Crippen LogP contribution in [0.3, 0.4) is 0 Å². The van der Waals surface area contributed by atoms with E-state index in [0.29, 0.717) is 11.6 Å². The van der Waals surface area contributed by atoms with E-state index in [1.165, 1.54) is 11.8 Å². The predicted octanol–water partition coefficient (Wildman–Crippen LogP) is 3.78. The summed E-state index contributed by atoms with van der Waals surface area (Å²) in [6.45, 7) is 1.98. The molecule has 122 valence electrons. The minimum absolute atomic E-state index is 0.0373. The molecule has 0 fully saturated rings. The molecule has 1 amide bonds. The first-order chi connectivity index (χ1) is 11.8. The Bertz CT molecular complexity index is 789. The van der Waals surface area contributed by atoms with Gasteiger partial charge in [-0.15, -0.1) is 5.10 Å². The number of nitrogens with zero attached hydrogens (tertiary/aromatic N) is 3. The van der Waals surface area contributed by atoms with Crippen molar-refractivity contribution in [3.05, 3.63) is 67.0 Å². The maximum atomic E-state index is 12.4. The highest BCUT2D eigenvalue weighted by molar-refractivity contribution is 8.00. The molecule has 3 rings (SSSR count). The van der Waals surface area contributed by atoms with Gasteiger partial charge >= 0.3 is 0 Å². The molecule has 1 N–H and O–H groups in total. The van der Waals surface area contributed by atoms with E-state index in [-0.39, 0.29) is 11.2 Å². The Morgan fingerprint density at radius 1 is 1.12 bits per heavy atom. The third-order valence-electron chi connectivity index (χ3n) is 3.44. The Kier molecular flexibility index (Phi) is 5.28. The van der Waals surface area contributed by atoms with Gasteiger partial charge in [0.05, 0.1) is 10.9 Å². The van der Waals surface area contributed by atoms with Gasteiger partial charge in [0.1, 0.15) is 6.33 Å². The van der Waals surface area contributed by atoms with Crippen LogP contribution in [0.2, 0.25) is 0 Å². The molecule has 1 unspecified atom stereocenters. The van der Waals surface area contributed by atoms with Crippen LogP contribution in [0.1, 0.15) is 13.3 Å².